The van der Waals surface area contributed by atoms with Crippen LogP contribution < -0.4 is 4.40 Å². The van der Waals surface area contributed by atoms with E-state index in [-0.39, 0.29) is 20.1 Å². The van der Waals surface area contributed by atoms with E-state index in [9.17, 15) is 0 Å². The summed E-state index contributed by atoms with van der Waals surface area (Å²) in [5.41, 5.74) is 11.5. The van der Waals surface area contributed by atoms with Crippen LogP contribution in [0.25, 0.3) is 82.8 Å². The molecule has 0 fully saturated rings. The van der Waals surface area contributed by atoms with Gasteiger partial charge in [-0.2, -0.15) is 0 Å². The average Bonchev–Trinajstić information content (AvgIpc) is 3.85. The van der Waals surface area contributed by atoms with Gasteiger partial charge >= 0.3 is 120 Å². The molecule has 10 rings (SSSR count). The molecule has 62 heavy (non-hydrogen) atoms. The van der Waals surface area contributed by atoms with Crippen molar-refractivity contribution in [2.24, 2.45) is 0 Å². The molecule has 0 saturated heterocycles. The molecule has 1 radical (unpaired) electrons. The molecule has 0 atom stereocenters. The summed E-state index contributed by atoms with van der Waals surface area (Å²) in [5, 5.41) is 7.14. The predicted molar refractivity (Wildman–Crippen MR) is 261 cm³/mol. The number of benzene rings is 7. The fraction of sp³-hybridized carbons (Fsp3) is 0.214. The third-order valence-corrected chi connectivity index (χ3v) is 16.1. The predicted octanol–water partition coefficient (Wildman–Crippen LogP) is 15.2. The number of imidazole rings is 1. The third-order valence-electron chi connectivity index (χ3n) is 11.9. The normalized spacial score (nSPS) is 12.3. The maximum absolute atomic E-state index is 8.44. The maximum atomic E-state index is 8.44. The molecule has 0 bridgehead atoms. The first-order valence-corrected chi connectivity index (χ1v) is 28.8. The Morgan fingerprint density at radius 2 is 1.37 bits per heavy atom. The number of hydrogen-bond acceptors (Lipinski definition) is 3. The molecule has 0 aliphatic heterocycles. The van der Waals surface area contributed by atoms with Crippen molar-refractivity contribution in [3.8, 4) is 28.3 Å². The van der Waals surface area contributed by atoms with Crippen LogP contribution >= 0.6 is 0 Å². The van der Waals surface area contributed by atoms with Crippen LogP contribution in [0.3, 0.4) is 0 Å². The summed E-state index contributed by atoms with van der Waals surface area (Å²) in [6, 6.07) is 53.3. The Bertz CT molecular complexity index is 3250. The maximum Gasteiger partial charge on any atom is 0 e. The fourth-order valence-electron chi connectivity index (χ4n) is 8.85. The van der Waals surface area contributed by atoms with E-state index < -0.39 is 19.2 Å². The van der Waals surface area contributed by atoms with Gasteiger partial charge in [-0.3, -0.25) is 4.98 Å². The van der Waals surface area contributed by atoms with Crippen molar-refractivity contribution >= 4 is 72.2 Å². The molecule has 7 aromatic carbocycles. The quantitative estimate of drug-likeness (QED) is 0.0908. The van der Waals surface area contributed by atoms with Crippen molar-refractivity contribution in [3.05, 3.63) is 168 Å². The number of hydrogen-bond donors (Lipinski definition) is 0. The number of fused-ring (bicyclic) bond motifs is 8. The van der Waals surface area contributed by atoms with Gasteiger partial charge in [0.1, 0.15) is 5.58 Å². The van der Waals surface area contributed by atoms with E-state index in [1.165, 1.54) is 42.8 Å². The third kappa shape index (κ3) is 7.85. The molecule has 0 N–H and O–H groups in total. The summed E-state index contributed by atoms with van der Waals surface area (Å²) >= 11 is -2.03. The Hall–Kier alpha value is -5.33. The standard InChI is InChI=1S/C39H31N2O.C17H22GeN.Ir/c1-23(2)26-13-9-14-27(24(3)4)37(26)41-34-18-8-7-17-33(34)40-39(41)32-16-10-15-31-36-30-20-19-25-11-5-6-12-28(25)29(30)21-22-35(36)42-38(31)32;1-13(2)15-11-17(14-9-7-6-8-10-14)19-12-16(15)18(3,4)5;/h5-15,17-24H,1-4H3;6-9,11-13H,1-5H3;/q2*-1;/i;13D;. The Morgan fingerprint density at radius 1 is 0.661 bits per heavy atom. The fourth-order valence-corrected chi connectivity index (χ4v) is 12.2. The summed E-state index contributed by atoms with van der Waals surface area (Å²) in [6.07, 6.45) is 2.00. The molecule has 3 heterocycles. The average molecular weight is 1050 g/mol. The first-order valence-electron chi connectivity index (χ1n) is 22.0. The van der Waals surface area contributed by atoms with Gasteiger partial charge in [-0.1, -0.05) is 111 Å². The van der Waals surface area contributed by atoms with E-state index in [2.05, 4.69) is 170 Å². The van der Waals surface area contributed by atoms with Crippen molar-refractivity contribution in [1.82, 2.24) is 14.5 Å². The van der Waals surface area contributed by atoms with Gasteiger partial charge in [0.25, 0.3) is 0 Å². The van der Waals surface area contributed by atoms with Crippen molar-refractivity contribution in [1.29, 1.82) is 0 Å². The molecule has 313 valence electrons. The van der Waals surface area contributed by atoms with Gasteiger partial charge in [-0.05, 0) is 62.7 Å². The molecule has 3 aromatic heterocycles. The van der Waals surface area contributed by atoms with Crippen LogP contribution in [-0.4, -0.2) is 27.8 Å². The molecule has 4 nitrogen and oxygen atoms in total. The summed E-state index contributed by atoms with van der Waals surface area (Å²) in [5.74, 6) is 7.99. The zero-order valence-corrected chi connectivity index (χ0v) is 41.5. The van der Waals surface area contributed by atoms with Crippen LogP contribution in [-0.2, 0) is 20.1 Å². The van der Waals surface area contributed by atoms with Gasteiger partial charge in [0.05, 0.1) is 22.4 Å². The summed E-state index contributed by atoms with van der Waals surface area (Å²) in [6.45, 7) is 13.0. The Morgan fingerprint density at radius 3 is 2.08 bits per heavy atom. The van der Waals surface area contributed by atoms with Crippen LogP contribution in [0.1, 0.15) is 77.3 Å². The van der Waals surface area contributed by atoms with Crippen LogP contribution in [0.4, 0.5) is 0 Å². The van der Waals surface area contributed by atoms with Crippen LogP contribution in [0, 0.1) is 12.1 Å². The number of pyridine rings is 1. The van der Waals surface area contributed by atoms with E-state index in [0.29, 0.717) is 11.8 Å². The molecule has 0 saturated carbocycles. The monoisotopic (exact) mass is 1050 g/mol. The van der Waals surface area contributed by atoms with Gasteiger partial charge in [-0.15, -0.1) is 18.2 Å². The van der Waals surface area contributed by atoms with E-state index in [1.54, 1.807) is 0 Å². The van der Waals surface area contributed by atoms with E-state index in [0.717, 1.165) is 61.2 Å². The van der Waals surface area contributed by atoms with Gasteiger partial charge in [0.2, 0.25) is 0 Å². The molecule has 0 aliphatic rings. The smallest absolute Gasteiger partial charge is 0 e. The number of furan rings is 1. The number of rotatable bonds is 7. The van der Waals surface area contributed by atoms with Crippen molar-refractivity contribution in [2.75, 3.05) is 0 Å². The molecule has 6 heteroatoms. The Balaban J connectivity index is 0.000000219. The van der Waals surface area contributed by atoms with Gasteiger partial charge in [0.15, 0.2) is 0 Å². The van der Waals surface area contributed by atoms with Gasteiger partial charge in [-0.25, -0.2) is 0 Å². The first-order chi connectivity index (χ1) is 29.7. The minimum absolute atomic E-state index is 0. The Kier molecular flexibility index (Phi) is 11.8. The van der Waals surface area contributed by atoms with Crippen LogP contribution in [0.2, 0.25) is 17.3 Å². The van der Waals surface area contributed by atoms with Gasteiger partial charge < -0.3 is 8.98 Å². The summed E-state index contributed by atoms with van der Waals surface area (Å²) in [4.78, 5) is 9.88. The first kappa shape index (κ1) is 42.0. The molecule has 10 aromatic rings. The van der Waals surface area contributed by atoms with Crippen LogP contribution in [0.5, 0.6) is 0 Å². The van der Waals surface area contributed by atoms with Crippen LogP contribution in [0.15, 0.2) is 144 Å². The minimum atomic E-state index is -2.03. The molecular weight excluding hydrogens is 995 g/mol. The molecule has 0 spiro atoms. The SMILES string of the molecule is CC(C)c1cccc(C(C)C)c1-n1c(-c2[c-]ccc3c2oc2ccc4c5ccccc5ccc4c23)nc2ccccc21.[2H]C(C)(C)c1cc(-c2[c-]cccc2)nc[c]1[Ge]([CH3])([CH3])[CH3].[Ir]. The second-order valence-electron chi connectivity index (χ2n) is 18.0. The van der Waals surface area contributed by atoms with E-state index >= 15 is 0 Å². The second-order valence-corrected chi connectivity index (χ2v) is 28.6. The zero-order chi connectivity index (χ0) is 43.5. The topological polar surface area (TPSA) is 43.9 Å². The largest absolute Gasteiger partial charge is 0 e. The molecule has 0 amide bonds. The Labute approximate surface area is 383 Å². The van der Waals surface area contributed by atoms with Crippen molar-refractivity contribution < 1.29 is 25.9 Å². The zero-order valence-electron chi connectivity index (χ0n) is 38.0. The minimum Gasteiger partial charge on any atom is 0 e. The summed E-state index contributed by atoms with van der Waals surface area (Å²) in [7, 11) is 0. The molecule has 0 unspecified atom stereocenters. The van der Waals surface area contributed by atoms with E-state index in [4.69, 9.17) is 10.8 Å². The number of aromatic nitrogens is 3. The second kappa shape index (κ2) is 17.4. The number of para-hydroxylation sites is 3. The molecular formula is C56H53GeIrN3O-2. The van der Waals surface area contributed by atoms with Gasteiger partial charge in [0, 0.05) is 31.2 Å². The van der Waals surface area contributed by atoms with Crippen molar-refractivity contribution in [3.63, 3.8) is 0 Å². The van der Waals surface area contributed by atoms with Crippen molar-refractivity contribution in [2.45, 2.75) is 76.5 Å². The van der Waals surface area contributed by atoms with E-state index in [1.807, 2.05) is 50.4 Å². The number of nitrogens with zero attached hydrogens (tertiary/aromatic N) is 3. The summed E-state index contributed by atoms with van der Waals surface area (Å²) < 4.78 is 18.8. The molecule has 0 aliphatic carbocycles.